The number of benzene rings is 1. The van der Waals surface area contributed by atoms with Crippen molar-refractivity contribution in [2.24, 2.45) is 11.8 Å². The maximum atomic E-state index is 12.3. The van der Waals surface area contributed by atoms with Crippen LogP contribution in [0.3, 0.4) is 0 Å². The molecule has 0 spiro atoms. The second-order valence-corrected chi connectivity index (χ2v) is 7.82. The highest BCUT2D eigenvalue weighted by Crippen LogP contribution is 2.26. The minimum absolute atomic E-state index is 0.189. The molecule has 2 aliphatic heterocycles. The zero-order chi connectivity index (χ0) is 16.2. The molecule has 1 unspecified atom stereocenters. The van der Waals surface area contributed by atoms with E-state index >= 15 is 0 Å². The second kappa shape index (κ2) is 7.67. The lowest BCUT2D eigenvalue weighted by molar-refractivity contribution is -0.126. The first-order valence-electron chi connectivity index (χ1n) is 8.63. The summed E-state index contributed by atoms with van der Waals surface area (Å²) in [5, 5.41) is 6.60. The van der Waals surface area contributed by atoms with Gasteiger partial charge in [-0.15, -0.1) is 0 Å². The number of carbonyl (C=O) groups is 1. The summed E-state index contributed by atoms with van der Waals surface area (Å²) in [6, 6.07) is 8.90. The van der Waals surface area contributed by atoms with Crippen LogP contribution in [0.25, 0.3) is 0 Å². The summed E-state index contributed by atoms with van der Waals surface area (Å²) in [6.07, 6.45) is 3.07. The number of piperidine rings is 1. The van der Waals surface area contributed by atoms with Crippen molar-refractivity contribution in [1.29, 1.82) is 0 Å². The normalized spacial score (nSPS) is 27.9. The van der Waals surface area contributed by atoms with Gasteiger partial charge in [0, 0.05) is 41.8 Å². The standard InChI is InChI=1S/C18H26BrN3O/c1-13-9-15(5-7-20-13)18(23)21-11-14-6-8-22(12-14)17-4-2-3-16(19)10-17/h2-4,10,13-15,20H,5-9,11-12H2,1H3,(H,21,23)/t13-,14?,15-/m0/s1. The molecule has 2 aliphatic rings. The maximum absolute atomic E-state index is 12.3. The Balaban J connectivity index is 1.46. The van der Waals surface area contributed by atoms with E-state index in [0.717, 1.165) is 49.9 Å². The Morgan fingerprint density at radius 3 is 3.09 bits per heavy atom. The minimum Gasteiger partial charge on any atom is -0.371 e. The lowest BCUT2D eigenvalue weighted by Crippen LogP contribution is -2.43. The van der Waals surface area contributed by atoms with Crippen molar-refractivity contribution in [2.45, 2.75) is 32.2 Å². The van der Waals surface area contributed by atoms with Gasteiger partial charge < -0.3 is 15.5 Å². The molecule has 0 aliphatic carbocycles. The Morgan fingerprint density at radius 2 is 2.30 bits per heavy atom. The van der Waals surface area contributed by atoms with Crippen molar-refractivity contribution >= 4 is 27.5 Å². The number of anilines is 1. The maximum Gasteiger partial charge on any atom is 0.223 e. The molecule has 126 valence electrons. The van der Waals surface area contributed by atoms with Gasteiger partial charge in [0.25, 0.3) is 0 Å². The van der Waals surface area contributed by atoms with E-state index in [4.69, 9.17) is 0 Å². The third kappa shape index (κ3) is 4.48. The van der Waals surface area contributed by atoms with Gasteiger partial charge in [0.1, 0.15) is 0 Å². The fraction of sp³-hybridized carbons (Fsp3) is 0.611. The lowest BCUT2D eigenvalue weighted by atomic mass is 9.92. The SMILES string of the molecule is C[C@H]1C[C@@H](C(=O)NCC2CCN(c3cccc(Br)c3)C2)CCN1. The first-order chi connectivity index (χ1) is 11.1. The molecule has 4 nitrogen and oxygen atoms in total. The number of nitrogens with zero attached hydrogens (tertiary/aromatic N) is 1. The Morgan fingerprint density at radius 1 is 1.43 bits per heavy atom. The third-order valence-electron chi connectivity index (χ3n) is 5.02. The average Bonchev–Trinajstić information content (AvgIpc) is 3.01. The quantitative estimate of drug-likeness (QED) is 0.845. The highest BCUT2D eigenvalue weighted by Gasteiger charge is 2.27. The van der Waals surface area contributed by atoms with E-state index < -0.39 is 0 Å². The number of amides is 1. The minimum atomic E-state index is 0.189. The predicted molar refractivity (Wildman–Crippen MR) is 97.7 cm³/mol. The van der Waals surface area contributed by atoms with Crippen LogP contribution in [0.15, 0.2) is 28.7 Å². The average molecular weight is 380 g/mol. The zero-order valence-electron chi connectivity index (χ0n) is 13.7. The molecule has 23 heavy (non-hydrogen) atoms. The van der Waals surface area contributed by atoms with Crippen molar-refractivity contribution < 1.29 is 4.79 Å². The van der Waals surface area contributed by atoms with Crippen LogP contribution < -0.4 is 15.5 Å². The second-order valence-electron chi connectivity index (χ2n) is 6.90. The number of halogens is 1. The van der Waals surface area contributed by atoms with Crippen molar-refractivity contribution in [2.75, 3.05) is 31.1 Å². The van der Waals surface area contributed by atoms with E-state index in [9.17, 15) is 4.79 Å². The van der Waals surface area contributed by atoms with Crippen LogP contribution in [0.5, 0.6) is 0 Å². The van der Waals surface area contributed by atoms with Crippen LogP contribution in [0.2, 0.25) is 0 Å². The van der Waals surface area contributed by atoms with Crippen LogP contribution in [-0.2, 0) is 4.79 Å². The predicted octanol–water partition coefficient (Wildman–Crippen LogP) is 2.78. The molecule has 2 heterocycles. The lowest BCUT2D eigenvalue weighted by Gasteiger charge is -2.27. The molecule has 1 amide bonds. The van der Waals surface area contributed by atoms with Gasteiger partial charge in [-0.1, -0.05) is 22.0 Å². The van der Waals surface area contributed by atoms with Crippen LogP contribution in [0.4, 0.5) is 5.69 Å². The molecule has 2 N–H and O–H groups in total. The van der Waals surface area contributed by atoms with Crippen LogP contribution in [0.1, 0.15) is 26.2 Å². The van der Waals surface area contributed by atoms with E-state index in [0.29, 0.717) is 12.0 Å². The molecule has 0 bridgehead atoms. The van der Waals surface area contributed by atoms with Crippen molar-refractivity contribution in [3.63, 3.8) is 0 Å². The van der Waals surface area contributed by atoms with Gasteiger partial charge in [0.15, 0.2) is 0 Å². The largest absolute Gasteiger partial charge is 0.371 e. The van der Waals surface area contributed by atoms with E-state index in [-0.39, 0.29) is 11.8 Å². The zero-order valence-corrected chi connectivity index (χ0v) is 15.3. The van der Waals surface area contributed by atoms with Gasteiger partial charge in [0.2, 0.25) is 5.91 Å². The summed E-state index contributed by atoms with van der Waals surface area (Å²) in [7, 11) is 0. The Labute approximate surface area is 147 Å². The molecular formula is C18H26BrN3O. The van der Waals surface area contributed by atoms with Crippen molar-refractivity contribution in [1.82, 2.24) is 10.6 Å². The molecule has 1 aromatic carbocycles. The number of hydrogen-bond donors (Lipinski definition) is 2. The number of rotatable bonds is 4. The molecule has 2 saturated heterocycles. The first-order valence-corrected chi connectivity index (χ1v) is 9.42. The van der Waals surface area contributed by atoms with Gasteiger partial charge in [0.05, 0.1) is 0 Å². The fourth-order valence-electron chi connectivity index (χ4n) is 3.67. The molecule has 1 aromatic rings. The van der Waals surface area contributed by atoms with E-state index in [1.54, 1.807) is 0 Å². The molecule has 3 rings (SSSR count). The van der Waals surface area contributed by atoms with Gasteiger partial charge in [-0.25, -0.2) is 0 Å². The van der Waals surface area contributed by atoms with Crippen molar-refractivity contribution in [3.05, 3.63) is 28.7 Å². The summed E-state index contributed by atoms with van der Waals surface area (Å²) in [4.78, 5) is 14.7. The molecular weight excluding hydrogens is 354 g/mol. The topological polar surface area (TPSA) is 44.4 Å². The van der Waals surface area contributed by atoms with E-state index in [1.807, 2.05) is 0 Å². The molecule has 5 heteroatoms. The van der Waals surface area contributed by atoms with E-state index in [1.165, 1.54) is 5.69 Å². The summed E-state index contributed by atoms with van der Waals surface area (Å²) in [5.74, 6) is 0.991. The Kier molecular flexibility index (Phi) is 5.59. The van der Waals surface area contributed by atoms with Crippen LogP contribution in [-0.4, -0.2) is 38.1 Å². The summed E-state index contributed by atoms with van der Waals surface area (Å²) < 4.78 is 1.12. The number of hydrogen-bond acceptors (Lipinski definition) is 3. The molecule has 0 saturated carbocycles. The Hall–Kier alpha value is -1.07. The molecule has 0 radical (unpaired) electrons. The van der Waals surface area contributed by atoms with Crippen LogP contribution >= 0.6 is 15.9 Å². The van der Waals surface area contributed by atoms with Crippen molar-refractivity contribution in [3.8, 4) is 0 Å². The number of nitrogens with one attached hydrogen (secondary N) is 2. The highest BCUT2D eigenvalue weighted by atomic mass is 79.9. The monoisotopic (exact) mass is 379 g/mol. The van der Waals surface area contributed by atoms with Gasteiger partial charge in [-0.05, 0) is 56.8 Å². The van der Waals surface area contributed by atoms with Gasteiger partial charge in [-0.3, -0.25) is 4.79 Å². The summed E-state index contributed by atoms with van der Waals surface area (Å²) in [5.41, 5.74) is 1.26. The number of carbonyl (C=O) groups excluding carboxylic acids is 1. The molecule has 3 atom stereocenters. The Bertz CT molecular complexity index is 551. The molecule has 0 aromatic heterocycles. The van der Waals surface area contributed by atoms with Gasteiger partial charge >= 0.3 is 0 Å². The highest BCUT2D eigenvalue weighted by molar-refractivity contribution is 9.10. The molecule has 2 fully saturated rings. The van der Waals surface area contributed by atoms with E-state index in [2.05, 4.69) is 62.7 Å². The van der Waals surface area contributed by atoms with Crippen LogP contribution in [0, 0.1) is 11.8 Å². The summed E-state index contributed by atoms with van der Waals surface area (Å²) in [6.45, 7) is 6.02. The van der Waals surface area contributed by atoms with Gasteiger partial charge in [-0.2, -0.15) is 0 Å². The fourth-order valence-corrected chi connectivity index (χ4v) is 4.05. The smallest absolute Gasteiger partial charge is 0.223 e. The summed E-state index contributed by atoms with van der Waals surface area (Å²) >= 11 is 3.53. The third-order valence-corrected chi connectivity index (χ3v) is 5.51. The first kappa shape index (κ1) is 16.8.